The number of aromatic amines is 1. The molecule has 1 aliphatic carbocycles. The molecule has 0 amide bonds. The van der Waals surface area contributed by atoms with Crippen LogP contribution in [-0.2, 0) is 6.54 Å². The molecule has 0 spiro atoms. The molecule has 0 unspecified atom stereocenters. The molecule has 17 heavy (non-hydrogen) atoms. The van der Waals surface area contributed by atoms with Gasteiger partial charge in [-0.3, -0.25) is 0 Å². The van der Waals surface area contributed by atoms with Gasteiger partial charge in [-0.25, -0.2) is 0 Å². The molecule has 0 atom stereocenters. The monoisotopic (exact) mass is 250 g/mol. The maximum absolute atomic E-state index is 5.80. The van der Waals surface area contributed by atoms with E-state index in [1.165, 1.54) is 25.7 Å². The fraction of sp³-hybridized carbons (Fsp3) is 0.500. The zero-order valence-corrected chi connectivity index (χ0v) is 10.3. The predicted molar refractivity (Wildman–Crippen MR) is 68.0 cm³/mol. The fourth-order valence-corrected chi connectivity index (χ4v) is 2.61. The van der Waals surface area contributed by atoms with Crippen molar-refractivity contribution in [3.8, 4) is 0 Å². The van der Waals surface area contributed by atoms with Gasteiger partial charge < -0.3 is 10.3 Å². The van der Waals surface area contributed by atoms with E-state index >= 15 is 0 Å². The largest absolute Gasteiger partial charge is 0.359 e. The summed E-state index contributed by atoms with van der Waals surface area (Å²) in [5, 5.41) is 12.0. The van der Waals surface area contributed by atoms with Crippen molar-refractivity contribution in [1.29, 1.82) is 0 Å². The molecule has 1 aliphatic rings. The first-order valence-electron chi connectivity index (χ1n) is 6.05. The Labute approximate surface area is 105 Å². The Kier molecular flexibility index (Phi) is 2.99. The van der Waals surface area contributed by atoms with Crippen molar-refractivity contribution in [1.82, 2.24) is 20.5 Å². The van der Waals surface area contributed by atoms with E-state index < -0.39 is 0 Å². The second kappa shape index (κ2) is 4.63. The molecule has 2 aromatic heterocycles. The van der Waals surface area contributed by atoms with Gasteiger partial charge in [-0.2, -0.15) is 0 Å². The van der Waals surface area contributed by atoms with Gasteiger partial charge in [-0.1, -0.05) is 24.4 Å². The minimum atomic E-state index is 0.426. The molecule has 4 nitrogen and oxygen atoms in total. The van der Waals surface area contributed by atoms with Gasteiger partial charge in [-0.15, -0.1) is 10.2 Å². The van der Waals surface area contributed by atoms with E-state index in [9.17, 15) is 0 Å². The Morgan fingerprint density at radius 1 is 1.35 bits per heavy atom. The van der Waals surface area contributed by atoms with E-state index in [2.05, 4.69) is 20.5 Å². The third-order valence-electron chi connectivity index (χ3n) is 3.41. The molecule has 0 bridgehead atoms. The molecule has 2 N–H and O–H groups in total. The molecule has 0 aromatic carbocycles. The van der Waals surface area contributed by atoms with Crippen molar-refractivity contribution in [3.63, 3.8) is 0 Å². The maximum Gasteiger partial charge on any atom is 0.153 e. The van der Waals surface area contributed by atoms with Gasteiger partial charge in [0.2, 0.25) is 0 Å². The number of halogens is 1. The highest BCUT2D eigenvalue weighted by atomic mass is 35.5. The van der Waals surface area contributed by atoms with Crippen LogP contribution in [-0.4, -0.2) is 21.2 Å². The summed E-state index contributed by atoms with van der Waals surface area (Å²) < 4.78 is 0. The Balaban J connectivity index is 1.76. The Bertz CT molecular complexity index is 516. The van der Waals surface area contributed by atoms with Crippen molar-refractivity contribution in [2.45, 2.75) is 38.3 Å². The van der Waals surface area contributed by atoms with Gasteiger partial charge in [0.05, 0.1) is 5.52 Å². The van der Waals surface area contributed by atoms with Crippen LogP contribution < -0.4 is 5.32 Å². The molecule has 0 aliphatic heterocycles. The smallest absolute Gasteiger partial charge is 0.153 e. The fourth-order valence-electron chi connectivity index (χ4n) is 2.47. The Hall–Kier alpha value is -1.13. The van der Waals surface area contributed by atoms with E-state index in [0.29, 0.717) is 11.2 Å². The van der Waals surface area contributed by atoms with Gasteiger partial charge in [0.25, 0.3) is 0 Å². The molecule has 90 valence electrons. The van der Waals surface area contributed by atoms with Crippen molar-refractivity contribution >= 4 is 22.6 Å². The lowest BCUT2D eigenvalue weighted by Gasteiger charge is -2.10. The lowest BCUT2D eigenvalue weighted by atomic mass is 10.2. The highest BCUT2D eigenvalue weighted by Gasteiger charge is 2.15. The maximum atomic E-state index is 5.80. The zero-order chi connectivity index (χ0) is 11.7. The number of nitrogens with zero attached hydrogens (tertiary/aromatic N) is 2. The lowest BCUT2D eigenvalue weighted by molar-refractivity contribution is 0.525. The topological polar surface area (TPSA) is 53.6 Å². The summed E-state index contributed by atoms with van der Waals surface area (Å²) in [5.74, 6) is 0. The molecule has 2 heterocycles. The molecule has 0 radical (unpaired) electrons. The third kappa shape index (κ3) is 2.28. The average Bonchev–Trinajstić information content (AvgIpc) is 2.94. The van der Waals surface area contributed by atoms with Gasteiger partial charge in [0.15, 0.2) is 5.15 Å². The van der Waals surface area contributed by atoms with E-state index in [1.807, 2.05) is 12.3 Å². The third-order valence-corrected chi connectivity index (χ3v) is 3.59. The highest BCUT2D eigenvalue weighted by Crippen LogP contribution is 2.20. The van der Waals surface area contributed by atoms with Crippen LogP contribution in [0.1, 0.15) is 31.2 Å². The van der Waals surface area contributed by atoms with Crippen LogP contribution >= 0.6 is 11.6 Å². The molecule has 1 saturated carbocycles. The lowest BCUT2D eigenvalue weighted by Crippen LogP contribution is -2.25. The van der Waals surface area contributed by atoms with E-state index in [-0.39, 0.29) is 0 Å². The predicted octanol–water partition coefficient (Wildman–Crippen LogP) is 2.64. The van der Waals surface area contributed by atoms with Crippen molar-refractivity contribution in [3.05, 3.63) is 23.0 Å². The second-order valence-corrected chi connectivity index (χ2v) is 4.99. The minimum absolute atomic E-state index is 0.426. The van der Waals surface area contributed by atoms with Crippen LogP contribution in [0.15, 0.2) is 12.3 Å². The molecule has 5 heteroatoms. The molecule has 2 aromatic rings. The van der Waals surface area contributed by atoms with Gasteiger partial charge in [0, 0.05) is 30.4 Å². The van der Waals surface area contributed by atoms with Crippen LogP contribution in [0, 0.1) is 0 Å². The van der Waals surface area contributed by atoms with Crippen LogP contribution in [0.3, 0.4) is 0 Å². The molecular weight excluding hydrogens is 236 g/mol. The summed E-state index contributed by atoms with van der Waals surface area (Å²) in [6.45, 7) is 0.848. The number of H-pyrrole nitrogens is 1. The second-order valence-electron chi connectivity index (χ2n) is 4.61. The van der Waals surface area contributed by atoms with Gasteiger partial charge >= 0.3 is 0 Å². The van der Waals surface area contributed by atoms with E-state index in [0.717, 1.165) is 23.1 Å². The van der Waals surface area contributed by atoms with Crippen molar-refractivity contribution in [2.75, 3.05) is 0 Å². The molecular formula is C12H15ClN4. The number of nitrogens with one attached hydrogen (secondary N) is 2. The average molecular weight is 251 g/mol. The summed E-state index contributed by atoms with van der Waals surface area (Å²) in [6, 6.07) is 2.48. The molecule has 0 saturated heterocycles. The van der Waals surface area contributed by atoms with Crippen molar-refractivity contribution in [2.24, 2.45) is 0 Å². The summed E-state index contributed by atoms with van der Waals surface area (Å²) in [7, 11) is 0. The van der Waals surface area contributed by atoms with E-state index in [4.69, 9.17) is 11.6 Å². The summed E-state index contributed by atoms with van der Waals surface area (Å²) >= 11 is 5.80. The summed E-state index contributed by atoms with van der Waals surface area (Å²) in [4.78, 5) is 3.18. The molecule has 1 fully saturated rings. The number of aromatic nitrogens is 3. The summed E-state index contributed by atoms with van der Waals surface area (Å²) in [6.07, 6.45) is 7.26. The first-order valence-corrected chi connectivity index (χ1v) is 6.43. The van der Waals surface area contributed by atoms with Crippen LogP contribution in [0.5, 0.6) is 0 Å². The first kappa shape index (κ1) is 11.0. The Morgan fingerprint density at radius 3 is 3.00 bits per heavy atom. The van der Waals surface area contributed by atoms with Crippen LogP contribution in [0.2, 0.25) is 5.15 Å². The van der Waals surface area contributed by atoms with Crippen LogP contribution in [0.4, 0.5) is 0 Å². The zero-order valence-electron chi connectivity index (χ0n) is 9.54. The van der Waals surface area contributed by atoms with Gasteiger partial charge in [0.1, 0.15) is 5.52 Å². The Morgan fingerprint density at radius 2 is 2.18 bits per heavy atom. The standard InChI is InChI=1S/C12H15ClN4/c13-11-5-10-12(17-16-11)8(7-15-10)6-14-9-3-1-2-4-9/h5,7,9,14-15H,1-4,6H2. The van der Waals surface area contributed by atoms with E-state index in [1.54, 1.807) is 0 Å². The number of fused-ring (bicyclic) bond motifs is 1. The minimum Gasteiger partial charge on any atom is -0.359 e. The van der Waals surface area contributed by atoms with Crippen LogP contribution in [0.25, 0.3) is 11.0 Å². The van der Waals surface area contributed by atoms with Crippen molar-refractivity contribution < 1.29 is 0 Å². The SMILES string of the molecule is Clc1cc2[nH]cc(CNC3CCCC3)c2nn1. The first-order chi connectivity index (χ1) is 8.33. The summed E-state index contributed by atoms with van der Waals surface area (Å²) in [5.41, 5.74) is 3.03. The highest BCUT2D eigenvalue weighted by molar-refractivity contribution is 6.29. The number of hydrogen-bond donors (Lipinski definition) is 2. The quantitative estimate of drug-likeness (QED) is 0.881. The normalized spacial score (nSPS) is 17.0. The molecule has 3 rings (SSSR count). The number of rotatable bonds is 3. The number of hydrogen-bond acceptors (Lipinski definition) is 3. The van der Waals surface area contributed by atoms with Gasteiger partial charge in [-0.05, 0) is 12.8 Å².